The summed E-state index contributed by atoms with van der Waals surface area (Å²) >= 11 is 0. The predicted molar refractivity (Wildman–Crippen MR) is 77.8 cm³/mol. The summed E-state index contributed by atoms with van der Waals surface area (Å²) < 4.78 is 5.36. The van der Waals surface area contributed by atoms with Crippen LogP contribution in [0.5, 0.6) is 5.75 Å². The average Bonchev–Trinajstić information content (AvgIpc) is 2.38. The number of rotatable bonds is 3. The Kier molecular flexibility index (Phi) is 3.83. The Labute approximate surface area is 109 Å². The molecule has 1 heteroatoms. The van der Waals surface area contributed by atoms with Crippen LogP contribution in [-0.4, -0.2) is 7.11 Å². The first kappa shape index (κ1) is 12.4. The second-order valence-electron chi connectivity index (χ2n) is 4.49. The van der Waals surface area contributed by atoms with Crippen molar-refractivity contribution in [3.05, 3.63) is 64.7 Å². The van der Waals surface area contributed by atoms with Gasteiger partial charge in [0.2, 0.25) is 0 Å². The molecule has 0 unspecified atom stereocenters. The maximum Gasteiger partial charge on any atom is 0.126 e. The minimum absolute atomic E-state index is 0.906. The molecule has 0 saturated heterocycles. The van der Waals surface area contributed by atoms with Gasteiger partial charge in [0.25, 0.3) is 0 Å². The first-order valence-corrected chi connectivity index (χ1v) is 6.08. The van der Waals surface area contributed by atoms with E-state index in [9.17, 15) is 0 Å². The SMILES string of the molecule is COc1ccc(C)cc1/C=C/c1ccc(C)cc1. The number of ether oxygens (including phenoxy) is 1. The lowest BCUT2D eigenvalue weighted by atomic mass is 10.1. The topological polar surface area (TPSA) is 9.23 Å². The molecule has 1 nitrogen and oxygen atoms in total. The lowest BCUT2D eigenvalue weighted by Gasteiger charge is -2.05. The lowest BCUT2D eigenvalue weighted by molar-refractivity contribution is 0.414. The van der Waals surface area contributed by atoms with Gasteiger partial charge in [0, 0.05) is 5.56 Å². The largest absolute Gasteiger partial charge is 0.496 e. The Hall–Kier alpha value is -2.02. The molecule has 0 fully saturated rings. The van der Waals surface area contributed by atoms with E-state index in [2.05, 4.69) is 62.4 Å². The first-order valence-electron chi connectivity index (χ1n) is 6.08. The van der Waals surface area contributed by atoms with Crippen LogP contribution in [0.4, 0.5) is 0 Å². The number of hydrogen-bond acceptors (Lipinski definition) is 1. The monoisotopic (exact) mass is 238 g/mol. The molecule has 0 aliphatic rings. The van der Waals surface area contributed by atoms with E-state index in [0.717, 1.165) is 11.3 Å². The van der Waals surface area contributed by atoms with Crippen LogP contribution in [0.15, 0.2) is 42.5 Å². The molecule has 0 amide bonds. The van der Waals surface area contributed by atoms with Gasteiger partial charge in [-0.3, -0.25) is 0 Å². The Morgan fingerprint density at radius 3 is 2.17 bits per heavy atom. The van der Waals surface area contributed by atoms with Crippen molar-refractivity contribution in [2.45, 2.75) is 13.8 Å². The third kappa shape index (κ3) is 3.01. The highest BCUT2D eigenvalue weighted by atomic mass is 16.5. The number of aryl methyl sites for hydroxylation is 2. The summed E-state index contributed by atoms with van der Waals surface area (Å²) in [5.41, 5.74) is 4.82. The maximum absolute atomic E-state index is 5.36. The van der Waals surface area contributed by atoms with Gasteiger partial charge in [0.1, 0.15) is 5.75 Å². The highest BCUT2D eigenvalue weighted by Gasteiger charge is 1.99. The second-order valence-corrected chi connectivity index (χ2v) is 4.49. The number of methoxy groups -OCH3 is 1. The fraction of sp³-hybridized carbons (Fsp3) is 0.176. The quantitative estimate of drug-likeness (QED) is 0.716. The second kappa shape index (κ2) is 5.54. The van der Waals surface area contributed by atoms with Crippen LogP contribution in [0.1, 0.15) is 22.3 Å². The zero-order valence-electron chi connectivity index (χ0n) is 11.1. The highest BCUT2D eigenvalue weighted by Crippen LogP contribution is 2.22. The van der Waals surface area contributed by atoms with Crippen molar-refractivity contribution in [2.24, 2.45) is 0 Å². The van der Waals surface area contributed by atoms with Crippen molar-refractivity contribution in [2.75, 3.05) is 7.11 Å². The number of benzene rings is 2. The molecule has 2 aromatic rings. The fourth-order valence-corrected chi connectivity index (χ4v) is 1.85. The standard InChI is InChI=1S/C17H18O/c1-13-4-7-15(8-5-13)9-10-16-12-14(2)6-11-17(16)18-3/h4-12H,1-3H3/b10-9+. The molecule has 0 atom stereocenters. The van der Waals surface area contributed by atoms with Crippen LogP contribution in [0.25, 0.3) is 12.2 Å². The summed E-state index contributed by atoms with van der Waals surface area (Å²) in [6.07, 6.45) is 4.20. The summed E-state index contributed by atoms with van der Waals surface area (Å²) in [6, 6.07) is 14.7. The molecular formula is C17H18O. The maximum atomic E-state index is 5.36. The lowest BCUT2D eigenvalue weighted by Crippen LogP contribution is -1.87. The Morgan fingerprint density at radius 1 is 0.833 bits per heavy atom. The molecule has 0 N–H and O–H groups in total. The first-order chi connectivity index (χ1) is 8.69. The summed E-state index contributed by atoms with van der Waals surface area (Å²) in [5, 5.41) is 0. The van der Waals surface area contributed by atoms with Crippen LogP contribution in [0, 0.1) is 13.8 Å². The molecule has 0 bridgehead atoms. The van der Waals surface area contributed by atoms with Crippen molar-refractivity contribution < 1.29 is 4.74 Å². The Morgan fingerprint density at radius 2 is 1.50 bits per heavy atom. The van der Waals surface area contributed by atoms with E-state index >= 15 is 0 Å². The van der Waals surface area contributed by atoms with Crippen LogP contribution in [0.2, 0.25) is 0 Å². The predicted octanol–water partition coefficient (Wildman–Crippen LogP) is 4.48. The van der Waals surface area contributed by atoms with Gasteiger partial charge < -0.3 is 4.74 Å². The van der Waals surface area contributed by atoms with Crippen molar-refractivity contribution in [1.29, 1.82) is 0 Å². The fourth-order valence-electron chi connectivity index (χ4n) is 1.85. The van der Waals surface area contributed by atoms with E-state index in [1.807, 2.05) is 6.07 Å². The number of hydrogen-bond donors (Lipinski definition) is 0. The van der Waals surface area contributed by atoms with Crippen molar-refractivity contribution in [1.82, 2.24) is 0 Å². The molecule has 0 radical (unpaired) electrons. The van der Waals surface area contributed by atoms with Crippen LogP contribution < -0.4 is 4.74 Å². The summed E-state index contributed by atoms with van der Waals surface area (Å²) in [4.78, 5) is 0. The minimum atomic E-state index is 0.906. The molecule has 0 aliphatic heterocycles. The molecule has 2 aromatic carbocycles. The highest BCUT2D eigenvalue weighted by molar-refractivity contribution is 5.73. The smallest absolute Gasteiger partial charge is 0.126 e. The minimum Gasteiger partial charge on any atom is -0.496 e. The van der Waals surface area contributed by atoms with Crippen molar-refractivity contribution in [3.8, 4) is 5.75 Å². The van der Waals surface area contributed by atoms with E-state index in [4.69, 9.17) is 4.74 Å². The summed E-state index contributed by atoms with van der Waals surface area (Å²) in [6.45, 7) is 4.18. The van der Waals surface area contributed by atoms with Crippen LogP contribution in [0.3, 0.4) is 0 Å². The van der Waals surface area contributed by atoms with E-state index in [-0.39, 0.29) is 0 Å². The molecular weight excluding hydrogens is 220 g/mol. The average molecular weight is 238 g/mol. The Balaban J connectivity index is 2.27. The van der Waals surface area contributed by atoms with E-state index < -0.39 is 0 Å². The van der Waals surface area contributed by atoms with E-state index in [0.29, 0.717) is 0 Å². The molecule has 0 aliphatic carbocycles. The van der Waals surface area contributed by atoms with Gasteiger partial charge in [-0.2, -0.15) is 0 Å². The third-order valence-corrected chi connectivity index (χ3v) is 2.92. The van der Waals surface area contributed by atoms with Crippen LogP contribution in [-0.2, 0) is 0 Å². The summed E-state index contributed by atoms with van der Waals surface area (Å²) in [7, 11) is 1.70. The molecule has 92 valence electrons. The van der Waals surface area contributed by atoms with Gasteiger partial charge in [-0.1, -0.05) is 53.6 Å². The van der Waals surface area contributed by atoms with Crippen molar-refractivity contribution in [3.63, 3.8) is 0 Å². The van der Waals surface area contributed by atoms with E-state index in [1.165, 1.54) is 16.7 Å². The molecule has 0 aromatic heterocycles. The zero-order chi connectivity index (χ0) is 13.0. The Bertz CT molecular complexity index is 550. The molecule has 2 rings (SSSR count). The molecule has 0 spiro atoms. The zero-order valence-corrected chi connectivity index (χ0v) is 11.1. The van der Waals surface area contributed by atoms with Gasteiger partial charge in [-0.15, -0.1) is 0 Å². The van der Waals surface area contributed by atoms with Crippen LogP contribution >= 0.6 is 0 Å². The molecule has 0 heterocycles. The summed E-state index contributed by atoms with van der Waals surface area (Å²) in [5.74, 6) is 0.906. The van der Waals surface area contributed by atoms with Gasteiger partial charge in [-0.25, -0.2) is 0 Å². The van der Waals surface area contributed by atoms with Gasteiger partial charge >= 0.3 is 0 Å². The van der Waals surface area contributed by atoms with E-state index in [1.54, 1.807) is 7.11 Å². The normalized spacial score (nSPS) is 10.8. The van der Waals surface area contributed by atoms with Gasteiger partial charge in [0.05, 0.1) is 7.11 Å². The molecule has 18 heavy (non-hydrogen) atoms. The van der Waals surface area contributed by atoms with Crippen molar-refractivity contribution >= 4 is 12.2 Å². The van der Waals surface area contributed by atoms with Gasteiger partial charge in [-0.05, 0) is 31.5 Å². The third-order valence-electron chi connectivity index (χ3n) is 2.92. The molecule has 0 saturated carbocycles. The van der Waals surface area contributed by atoms with Gasteiger partial charge in [0.15, 0.2) is 0 Å².